The Bertz CT molecular complexity index is 532. The summed E-state index contributed by atoms with van der Waals surface area (Å²) in [6, 6.07) is 17.2. The topological polar surface area (TPSA) is 3.24 Å². The molecule has 1 aliphatic rings. The molecular formula is C15H14BrN. The predicted octanol–water partition coefficient (Wildman–Crippen LogP) is 4.33. The number of anilines is 1. The van der Waals surface area contributed by atoms with Gasteiger partial charge in [-0.05, 0) is 41.8 Å². The third-order valence-electron chi connectivity index (χ3n) is 3.23. The minimum Gasteiger partial charge on any atom is -0.371 e. The third-order valence-corrected chi connectivity index (χ3v) is 3.72. The van der Waals surface area contributed by atoms with E-state index in [9.17, 15) is 0 Å². The first-order valence-corrected chi connectivity index (χ1v) is 6.73. The molecular weight excluding hydrogens is 274 g/mol. The summed E-state index contributed by atoms with van der Waals surface area (Å²) in [5, 5.41) is 0. The summed E-state index contributed by atoms with van der Waals surface area (Å²) in [6.07, 6.45) is 1.32. The van der Waals surface area contributed by atoms with Crippen molar-refractivity contribution in [2.75, 3.05) is 18.0 Å². The Labute approximate surface area is 110 Å². The fourth-order valence-corrected chi connectivity index (χ4v) is 2.52. The van der Waals surface area contributed by atoms with Crippen molar-refractivity contribution in [2.45, 2.75) is 6.42 Å². The molecule has 0 aromatic heterocycles. The van der Waals surface area contributed by atoms with Gasteiger partial charge in [-0.25, -0.2) is 0 Å². The van der Waals surface area contributed by atoms with Crippen molar-refractivity contribution in [1.29, 1.82) is 0 Å². The molecule has 0 unspecified atom stereocenters. The molecule has 2 aromatic rings. The molecule has 0 bridgehead atoms. The third kappa shape index (κ3) is 2.22. The van der Waals surface area contributed by atoms with Gasteiger partial charge in [-0.2, -0.15) is 0 Å². The molecule has 1 aliphatic heterocycles. The largest absolute Gasteiger partial charge is 0.371 e. The second kappa shape index (κ2) is 4.53. The number of nitrogens with zero attached hydrogens (tertiary/aromatic N) is 1. The summed E-state index contributed by atoms with van der Waals surface area (Å²) in [5.41, 5.74) is 3.89. The molecule has 1 nitrogen and oxygen atoms in total. The average molecular weight is 288 g/mol. The summed E-state index contributed by atoms with van der Waals surface area (Å²) in [6.45, 7) is 2.39. The van der Waals surface area contributed by atoms with E-state index in [-0.39, 0.29) is 0 Å². The van der Waals surface area contributed by atoms with Crippen LogP contribution in [-0.2, 0) is 0 Å². The molecule has 0 amide bonds. The Hall–Kier alpha value is -1.28. The van der Waals surface area contributed by atoms with Gasteiger partial charge in [0.15, 0.2) is 0 Å². The van der Waals surface area contributed by atoms with Gasteiger partial charge in [0.1, 0.15) is 0 Å². The number of halogens is 1. The number of benzene rings is 2. The Morgan fingerprint density at radius 3 is 2.24 bits per heavy atom. The quantitative estimate of drug-likeness (QED) is 0.795. The van der Waals surface area contributed by atoms with E-state index >= 15 is 0 Å². The molecule has 1 fully saturated rings. The van der Waals surface area contributed by atoms with Crippen LogP contribution in [0.15, 0.2) is 53.0 Å². The fourth-order valence-electron chi connectivity index (χ4n) is 2.12. The molecule has 2 heteroatoms. The SMILES string of the molecule is Brc1cccc(-c2cccc(N3CCC3)c2)c1. The molecule has 2 aromatic carbocycles. The fraction of sp³-hybridized carbons (Fsp3) is 0.200. The van der Waals surface area contributed by atoms with Crippen molar-refractivity contribution in [3.8, 4) is 11.1 Å². The first-order valence-electron chi connectivity index (χ1n) is 5.94. The van der Waals surface area contributed by atoms with E-state index in [1.54, 1.807) is 0 Å². The lowest BCUT2D eigenvalue weighted by Crippen LogP contribution is -2.36. The van der Waals surface area contributed by atoms with E-state index in [2.05, 4.69) is 69.4 Å². The Morgan fingerprint density at radius 1 is 0.882 bits per heavy atom. The van der Waals surface area contributed by atoms with Crippen molar-refractivity contribution in [2.24, 2.45) is 0 Å². The average Bonchev–Trinajstić information content (AvgIpc) is 2.27. The minimum atomic E-state index is 1.13. The Kier molecular flexibility index (Phi) is 2.89. The van der Waals surface area contributed by atoms with Crippen LogP contribution in [0.4, 0.5) is 5.69 Å². The van der Waals surface area contributed by atoms with E-state index in [1.165, 1.54) is 36.3 Å². The van der Waals surface area contributed by atoms with Crippen LogP contribution in [0.2, 0.25) is 0 Å². The molecule has 0 atom stereocenters. The highest BCUT2D eigenvalue weighted by Gasteiger charge is 2.14. The van der Waals surface area contributed by atoms with E-state index < -0.39 is 0 Å². The van der Waals surface area contributed by atoms with Gasteiger partial charge in [-0.15, -0.1) is 0 Å². The van der Waals surface area contributed by atoms with Crippen molar-refractivity contribution >= 4 is 21.6 Å². The van der Waals surface area contributed by atoms with Crippen LogP contribution in [-0.4, -0.2) is 13.1 Å². The van der Waals surface area contributed by atoms with Gasteiger partial charge in [0.25, 0.3) is 0 Å². The smallest absolute Gasteiger partial charge is 0.0372 e. The zero-order valence-corrected chi connectivity index (χ0v) is 11.2. The molecule has 0 aliphatic carbocycles. The molecule has 0 saturated carbocycles. The van der Waals surface area contributed by atoms with Crippen molar-refractivity contribution in [1.82, 2.24) is 0 Å². The van der Waals surface area contributed by atoms with Crippen molar-refractivity contribution < 1.29 is 0 Å². The molecule has 0 radical (unpaired) electrons. The maximum absolute atomic E-state index is 3.52. The van der Waals surface area contributed by atoms with Crippen molar-refractivity contribution in [3.05, 3.63) is 53.0 Å². The van der Waals surface area contributed by atoms with Crippen molar-refractivity contribution in [3.63, 3.8) is 0 Å². The Balaban J connectivity index is 1.97. The van der Waals surface area contributed by atoms with Gasteiger partial charge < -0.3 is 4.90 Å². The summed E-state index contributed by atoms with van der Waals surface area (Å²) < 4.78 is 1.13. The monoisotopic (exact) mass is 287 g/mol. The molecule has 17 heavy (non-hydrogen) atoms. The first-order chi connectivity index (χ1) is 8.33. The van der Waals surface area contributed by atoms with E-state index in [4.69, 9.17) is 0 Å². The van der Waals surface area contributed by atoms with Gasteiger partial charge in [-0.1, -0.05) is 40.2 Å². The maximum Gasteiger partial charge on any atom is 0.0372 e. The molecule has 0 spiro atoms. The second-order valence-electron chi connectivity index (χ2n) is 4.40. The molecule has 1 heterocycles. The van der Waals surface area contributed by atoms with Gasteiger partial charge >= 0.3 is 0 Å². The molecule has 86 valence electrons. The minimum absolute atomic E-state index is 1.13. The van der Waals surface area contributed by atoms with Crippen LogP contribution in [0.5, 0.6) is 0 Å². The summed E-state index contributed by atoms with van der Waals surface area (Å²) >= 11 is 3.52. The highest BCUT2D eigenvalue weighted by atomic mass is 79.9. The van der Waals surface area contributed by atoms with Crippen LogP contribution < -0.4 is 4.90 Å². The van der Waals surface area contributed by atoms with Gasteiger partial charge in [-0.3, -0.25) is 0 Å². The Morgan fingerprint density at radius 2 is 1.59 bits per heavy atom. The lowest BCUT2D eigenvalue weighted by Gasteiger charge is -2.33. The van der Waals surface area contributed by atoms with Crippen LogP contribution >= 0.6 is 15.9 Å². The zero-order chi connectivity index (χ0) is 11.7. The van der Waals surface area contributed by atoms with E-state index in [0.717, 1.165) is 4.47 Å². The highest BCUT2D eigenvalue weighted by Crippen LogP contribution is 2.28. The lowest BCUT2D eigenvalue weighted by atomic mass is 10.0. The second-order valence-corrected chi connectivity index (χ2v) is 5.32. The number of rotatable bonds is 2. The van der Waals surface area contributed by atoms with Gasteiger partial charge in [0.2, 0.25) is 0 Å². The van der Waals surface area contributed by atoms with Gasteiger partial charge in [0, 0.05) is 23.2 Å². The first kappa shape index (κ1) is 10.8. The number of hydrogen-bond acceptors (Lipinski definition) is 1. The lowest BCUT2D eigenvalue weighted by molar-refractivity contribution is 0.618. The predicted molar refractivity (Wildman–Crippen MR) is 76.4 cm³/mol. The molecule has 3 rings (SSSR count). The van der Waals surface area contributed by atoms with E-state index in [0.29, 0.717) is 0 Å². The number of hydrogen-bond donors (Lipinski definition) is 0. The van der Waals surface area contributed by atoms with Crippen LogP contribution in [0.3, 0.4) is 0 Å². The maximum atomic E-state index is 3.52. The molecule has 0 N–H and O–H groups in total. The van der Waals surface area contributed by atoms with Gasteiger partial charge in [0.05, 0.1) is 0 Å². The summed E-state index contributed by atoms with van der Waals surface area (Å²) in [7, 11) is 0. The molecule has 1 saturated heterocycles. The van der Waals surface area contributed by atoms with Crippen LogP contribution in [0.25, 0.3) is 11.1 Å². The standard InChI is InChI=1S/C15H14BrN/c16-14-6-1-4-12(10-14)13-5-2-7-15(11-13)17-8-3-9-17/h1-2,4-7,10-11H,3,8-9H2. The summed E-state index contributed by atoms with van der Waals surface area (Å²) in [5.74, 6) is 0. The van der Waals surface area contributed by atoms with Crippen LogP contribution in [0.1, 0.15) is 6.42 Å². The summed E-state index contributed by atoms with van der Waals surface area (Å²) in [4.78, 5) is 2.42. The van der Waals surface area contributed by atoms with Crippen LogP contribution in [0, 0.1) is 0 Å². The van der Waals surface area contributed by atoms with E-state index in [1.807, 2.05) is 0 Å². The highest BCUT2D eigenvalue weighted by molar-refractivity contribution is 9.10. The zero-order valence-electron chi connectivity index (χ0n) is 9.57. The normalized spacial score (nSPS) is 14.5.